The van der Waals surface area contributed by atoms with Crippen LogP contribution < -0.4 is 5.32 Å². The molecule has 1 aromatic heterocycles. The highest BCUT2D eigenvalue weighted by Gasteiger charge is 2.28. The van der Waals surface area contributed by atoms with Crippen LogP contribution in [0.15, 0.2) is 24.4 Å². The lowest BCUT2D eigenvalue weighted by molar-refractivity contribution is -0.135. The molecule has 3 heterocycles. The van der Waals surface area contributed by atoms with Gasteiger partial charge in [0.15, 0.2) is 0 Å². The van der Waals surface area contributed by atoms with Crippen molar-refractivity contribution < 1.29 is 4.79 Å². The van der Waals surface area contributed by atoms with Crippen LogP contribution in [0.5, 0.6) is 0 Å². The molecule has 5 nitrogen and oxygen atoms in total. The molecule has 2 fully saturated rings. The SMILES string of the molecule is O=C([C@H]1CCCCN1)N1CCN(Cc2ccccn2)CC1. The quantitative estimate of drug-likeness (QED) is 0.896. The van der Waals surface area contributed by atoms with Crippen molar-refractivity contribution in [3.63, 3.8) is 0 Å². The van der Waals surface area contributed by atoms with Crippen molar-refractivity contribution in [1.82, 2.24) is 20.1 Å². The molecule has 0 unspecified atom stereocenters. The third-order valence-corrected chi connectivity index (χ3v) is 4.40. The maximum atomic E-state index is 12.5. The molecule has 0 aliphatic carbocycles. The van der Waals surface area contributed by atoms with Crippen LogP contribution in [0.4, 0.5) is 0 Å². The topological polar surface area (TPSA) is 48.5 Å². The molecule has 0 aromatic carbocycles. The molecule has 0 radical (unpaired) electrons. The first-order valence-electron chi connectivity index (χ1n) is 7.97. The average Bonchev–Trinajstić information content (AvgIpc) is 2.57. The summed E-state index contributed by atoms with van der Waals surface area (Å²) in [5.74, 6) is 0.298. The summed E-state index contributed by atoms with van der Waals surface area (Å²) < 4.78 is 0. The largest absolute Gasteiger partial charge is 0.339 e. The second kappa shape index (κ2) is 7.00. The highest BCUT2D eigenvalue weighted by Crippen LogP contribution is 2.12. The summed E-state index contributed by atoms with van der Waals surface area (Å²) in [5, 5.41) is 3.35. The van der Waals surface area contributed by atoms with Crippen LogP contribution in [0.2, 0.25) is 0 Å². The first kappa shape index (κ1) is 14.5. The zero-order valence-electron chi connectivity index (χ0n) is 12.5. The van der Waals surface area contributed by atoms with E-state index in [1.807, 2.05) is 23.2 Å². The molecule has 2 aliphatic heterocycles. The van der Waals surface area contributed by atoms with Crippen LogP contribution >= 0.6 is 0 Å². The number of hydrogen-bond donors (Lipinski definition) is 1. The number of nitrogens with zero attached hydrogens (tertiary/aromatic N) is 3. The number of pyridine rings is 1. The molecule has 1 atom stereocenters. The fourth-order valence-electron chi connectivity index (χ4n) is 3.13. The second-order valence-electron chi connectivity index (χ2n) is 5.93. The van der Waals surface area contributed by atoms with Gasteiger partial charge in [-0.05, 0) is 31.5 Å². The van der Waals surface area contributed by atoms with Gasteiger partial charge < -0.3 is 10.2 Å². The summed E-state index contributed by atoms with van der Waals surface area (Å²) in [6.07, 6.45) is 5.20. The van der Waals surface area contributed by atoms with Crippen molar-refractivity contribution in [1.29, 1.82) is 0 Å². The molecule has 3 rings (SSSR count). The maximum absolute atomic E-state index is 12.5. The summed E-state index contributed by atoms with van der Waals surface area (Å²) in [6.45, 7) is 5.42. The fraction of sp³-hybridized carbons (Fsp3) is 0.625. The Morgan fingerprint density at radius 3 is 2.76 bits per heavy atom. The molecule has 0 saturated carbocycles. The Morgan fingerprint density at radius 2 is 2.10 bits per heavy atom. The van der Waals surface area contributed by atoms with Crippen molar-refractivity contribution in [2.24, 2.45) is 0 Å². The number of rotatable bonds is 3. The second-order valence-corrected chi connectivity index (χ2v) is 5.93. The Morgan fingerprint density at radius 1 is 1.24 bits per heavy atom. The minimum absolute atomic E-state index is 0.0566. The minimum atomic E-state index is 0.0566. The van der Waals surface area contributed by atoms with Crippen LogP contribution in [-0.4, -0.2) is 59.5 Å². The van der Waals surface area contributed by atoms with Crippen molar-refractivity contribution >= 4 is 5.91 Å². The Labute approximate surface area is 126 Å². The zero-order valence-corrected chi connectivity index (χ0v) is 12.5. The van der Waals surface area contributed by atoms with Gasteiger partial charge in [0.2, 0.25) is 5.91 Å². The van der Waals surface area contributed by atoms with Crippen LogP contribution in [0.1, 0.15) is 25.0 Å². The zero-order chi connectivity index (χ0) is 14.5. The van der Waals surface area contributed by atoms with Gasteiger partial charge >= 0.3 is 0 Å². The lowest BCUT2D eigenvalue weighted by Crippen LogP contribution is -2.54. The number of nitrogens with one attached hydrogen (secondary N) is 1. The smallest absolute Gasteiger partial charge is 0.239 e. The van der Waals surface area contributed by atoms with E-state index in [1.165, 1.54) is 12.8 Å². The van der Waals surface area contributed by atoms with Gasteiger partial charge in [-0.3, -0.25) is 14.7 Å². The Hall–Kier alpha value is -1.46. The van der Waals surface area contributed by atoms with Crippen LogP contribution in [0, 0.1) is 0 Å². The minimum Gasteiger partial charge on any atom is -0.339 e. The molecule has 1 aromatic rings. The van der Waals surface area contributed by atoms with Crippen LogP contribution in [-0.2, 0) is 11.3 Å². The predicted octanol–water partition coefficient (Wildman–Crippen LogP) is 0.868. The fourth-order valence-corrected chi connectivity index (χ4v) is 3.13. The molecular weight excluding hydrogens is 264 g/mol. The molecule has 0 bridgehead atoms. The third kappa shape index (κ3) is 3.80. The lowest BCUT2D eigenvalue weighted by Gasteiger charge is -2.37. The molecule has 2 saturated heterocycles. The molecule has 21 heavy (non-hydrogen) atoms. The summed E-state index contributed by atoms with van der Waals surface area (Å²) in [7, 11) is 0. The van der Waals surface area contributed by atoms with Gasteiger partial charge in [0.1, 0.15) is 0 Å². The monoisotopic (exact) mass is 288 g/mol. The van der Waals surface area contributed by atoms with Gasteiger partial charge in [-0.1, -0.05) is 12.5 Å². The number of piperazine rings is 1. The van der Waals surface area contributed by atoms with E-state index in [0.29, 0.717) is 5.91 Å². The molecule has 2 aliphatic rings. The number of amides is 1. The highest BCUT2D eigenvalue weighted by atomic mass is 16.2. The van der Waals surface area contributed by atoms with Crippen LogP contribution in [0.25, 0.3) is 0 Å². The van der Waals surface area contributed by atoms with Gasteiger partial charge in [0.25, 0.3) is 0 Å². The van der Waals surface area contributed by atoms with Crippen molar-refractivity contribution in [2.45, 2.75) is 31.8 Å². The van der Waals surface area contributed by atoms with E-state index in [2.05, 4.69) is 21.3 Å². The highest BCUT2D eigenvalue weighted by molar-refractivity contribution is 5.82. The normalized spacial score (nSPS) is 24.0. The Kier molecular flexibility index (Phi) is 4.83. The number of piperidine rings is 1. The molecule has 1 amide bonds. The third-order valence-electron chi connectivity index (χ3n) is 4.40. The van der Waals surface area contributed by atoms with Crippen LogP contribution in [0.3, 0.4) is 0 Å². The van der Waals surface area contributed by atoms with Gasteiger partial charge in [0, 0.05) is 38.9 Å². The van der Waals surface area contributed by atoms with Gasteiger partial charge in [0.05, 0.1) is 11.7 Å². The number of hydrogen-bond acceptors (Lipinski definition) is 4. The van der Waals surface area contributed by atoms with Crippen molar-refractivity contribution in [3.05, 3.63) is 30.1 Å². The molecule has 114 valence electrons. The van der Waals surface area contributed by atoms with E-state index in [1.54, 1.807) is 0 Å². The summed E-state index contributed by atoms with van der Waals surface area (Å²) in [4.78, 5) is 21.2. The molecule has 0 spiro atoms. The van der Waals surface area contributed by atoms with E-state index in [9.17, 15) is 4.79 Å². The number of carbonyl (C=O) groups excluding carboxylic acids is 1. The molecular formula is C16H24N4O. The van der Waals surface area contributed by atoms with Gasteiger partial charge in [-0.25, -0.2) is 0 Å². The van der Waals surface area contributed by atoms with E-state index in [0.717, 1.165) is 51.4 Å². The average molecular weight is 288 g/mol. The van der Waals surface area contributed by atoms with E-state index in [4.69, 9.17) is 0 Å². The van der Waals surface area contributed by atoms with E-state index < -0.39 is 0 Å². The number of aromatic nitrogens is 1. The summed E-state index contributed by atoms with van der Waals surface area (Å²) >= 11 is 0. The molecule has 1 N–H and O–H groups in total. The molecule has 5 heteroatoms. The first-order valence-corrected chi connectivity index (χ1v) is 7.97. The van der Waals surface area contributed by atoms with E-state index in [-0.39, 0.29) is 6.04 Å². The van der Waals surface area contributed by atoms with E-state index >= 15 is 0 Å². The Balaban J connectivity index is 1.47. The van der Waals surface area contributed by atoms with Gasteiger partial charge in [-0.15, -0.1) is 0 Å². The summed E-state index contributed by atoms with van der Waals surface area (Å²) in [6, 6.07) is 6.08. The number of carbonyl (C=O) groups is 1. The van der Waals surface area contributed by atoms with Crippen molar-refractivity contribution in [3.8, 4) is 0 Å². The standard InChI is InChI=1S/C16H24N4O/c21-16(15-6-2-4-8-18-15)20-11-9-19(10-12-20)13-14-5-1-3-7-17-14/h1,3,5,7,15,18H,2,4,6,8-13H2/t15-/m1/s1. The lowest BCUT2D eigenvalue weighted by atomic mass is 10.0. The van der Waals surface area contributed by atoms with Gasteiger partial charge in [-0.2, -0.15) is 0 Å². The summed E-state index contributed by atoms with van der Waals surface area (Å²) in [5.41, 5.74) is 1.10. The predicted molar refractivity (Wildman–Crippen MR) is 81.7 cm³/mol. The first-order chi connectivity index (χ1) is 10.3. The Bertz CT molecular complexity index is 451. The van der Waals surface area contributed by atoms with Crippen molar-refractivity contribution in [2.75, 3.05) is 32.7 Å². The maximum Gasteiger partial charge on any atom is 0.239 e.